The second-order valence-corrected chi connectivity index (χ2v) is 2.67. The highest BCUT2D eigenvalue weighted by Crippen LogP contribution is 2.13. The van der Waals surface area contributed by atoms with Gasteiger partial charge in [0.05, 0.1) is 0 Å². The van der Waals surface area contributed by atoms with Crippen molar-refractivity contribution in [1.82, 2.24) is 5.32 Å². The summed E-state index contributed by atoms with van der Waals surface area (Å²) >= 11 is 0. The SMILES string of the molecule is CNC(=O)Nc1ccc(F)c(C)c1. The number of hydrogen-bond donors (Lipinski definition) is 2. The van der Waals surface area contributed by atoms with E-state index in [1.165, 1.54) is 19.2 Å². The first-order valence-electron chi connectivity index (χ1n) is 3.88. The average molecular weight is 182 g/mol. The average Bonchev–Trinajstić information content (AvgIpc) is 2.11. The smallest absolute Gasteiger partial charge is 0.318 e. The molecule has 0 unspecified atom stereocenters. The molecule has 0 bridgehead atoms. The third-order valence-corrected chi connectivity index (χ3v) is 1.64. The summed E-state index contributed by atoms with van der Waals surface area (Å²) < 4.78 is 12.8. The van der Waals surface area contributed by atoms with E-state index in [0.717, 1.165) is 0 Å². The van der Waals surface area contributed by atoms with Crippen molar-refractivity contribution in [3.05, 3.63) is 29.6 Å². The molecule has 0 radical (unpaired) electrons. The zero-order valence-corrected chi connectivity index (χ0v) is 7.52. The van der Waals surface area contributed by atoms with Crippen LogP contribution in [0.5, 0.6) is 0 Å². The van der Waals surface area contributed by atoms with Gasteiger partial charge in [0.25, 0.3) is 0 Å². The molecule has 0 aliphatic heterocycles. The van der Waals surface area contributed by atoms with Gasteiger partial charge in [-0.2, -0.15) is 0 Å². The van der Waals surface area contributed by atoms with Crippen molar-refractivity contribution in [3.63, 3.8) is 0 Å². The second-order valence-electron chi connectivity index (χ2n) is 2.67. The quantitative estimate of drug-likeness (QED) is 0.684. The number of aryl methyl sites for hydroxylation is 1. The number of carbonyl (C=O) groups is 1. The summed E-state index contributed by atoms with van der Waals surface area (Å²) in [7, 11) is 1.52. The van der Waals surface area contributed by atoms with Gasteiger partial charge in [0.1, 0.15) is 5.82 Å². The second kappa shape index (κ2) is 3.89. The zero-order chi connectivity index (χ0) is 9.84. The van der Waals surface area contributed by atoms with Crippen LogP contribution >= 0.6 is 0 Å². The van der Waals surface area contributed by atoms with Gasteiger partial charge in [0, 0.05) is 12.7 Å². The van der Waals surface area contributed by atoms with Crippen LogP contribution in [-0.2, 0) is 0 Å². The van der Waals surface area contributed by atoms with Crippen LogP contribution in [0.4, 0.5) is 14.9 Å². The molecular weight excluding hydrogens is 171 g/mol. The predicted octanol–water partition coefficient (Wildman–Crippen LogP) is 1.89. The van der Waals surface area contributed by atoms with Gasteiger partial charge in [0.2, 0.25) is 0 Å². The largest absolute Gasteiger partial charge is 0.341 e. The fraction of sp³-hybridized carbons (Fsp3) is 0.222. The van der Waals surface area contributed by atoms with Crippen molar-refractivity contribution >= 4 is 11.7 Å². The van der Waals surface area contributed by atoms with E-state index in [0.29, 0.717) is 11.3 Å². The third kappa shape index (κ3) is 2.43. The van der Waals surface area contributed by atoms with E-state index in [-0.39, 0.29) is 11.8 Å². The summed E-state index contributed by atoms with van der Waals surface area (Å²) in [6.07, 6.45) is 0. The Kier molecular flexibility index (Phi) is 2.84. The van der Waals surface area contributed by atoms with Crippen LogP contribution in [0.1, 0.15) is 5.56 Å². The Morgan fingerprint density at radius 3 is 2.69 bits per heavy atom. The first kappa shape index (κ1) is 9.51. The lowest BCUT2D eigenvalue weighted by molar-refractivity contribution is 0.254. The Morgan fingerprint density at radius 2 is 2.15 bits per heavy atom. The van der Waals surface area contributed by atoms with Gasteiger partial charge in [-0.25, -0.2) is 9.18 Å². The number of anilines is 1. The number of rotatable bonds is 1. The molecule has 0 spiro atoms. The summed E-state index contributed by atoms with van der Waals surface area (Å²) in [6.45, 7) is 1.64. The number of halogens is 1. The third-order valence-electron chi connectivity index (χ3n) is 1.64. The summed E-state index contributed by atoms with van der Waals surface area (Å²) in [5.74, 6) is -0.276. The molecule has 0 fully saturated rings. The molecule has 0 aliphatic carbocycles. The molecule has 0 atom stereocenters. The molecule has 0 aromatic heterocycles. The van der Waals surface area contributed by atoms with E-state index < -0.39 is 0 Å². The van der Waals surface area contributed by atoms with Crippen LogP contribution in [0.15, 0.2) is 18.2 Å². The zero-order valence-electron chi connectivity index (χ0n) is 7.52. The Labute approximate surface area is 76.0 Å². The topological polar surface area (TPSA) is 41.1 Å². The lowest BCUT2D eigenvalue weighted by Gasteiger charge is -2.05. The molecule has 0 aliphatic rings. The van der Waals surface area contributed by atoms with Gasteiger partial charge in [-0.3, -0.25) is 0 Å². The van der Waals surface area contributed by atoms with Crippen LogP contribution in [0.3, 0.4) is 0 Å². The summed E-state index contributed by atoms with van der Waals surface area (Å²) in [5.41, 5.74) is 1.09. The number of hydrogen-bond acceptors (Lipinski definition) is 1. The Bertz CT molecular complexity index is 325. The minimum atomic E-state index is -0.314. The van der Waals surface area contributed by atoms with Gasteiger partial charge < -0.3 is 10.6 Å². The molecule has 0 heterocycles. The summed E-state index contributed by atoms with van der Waals surface area (Å²) in [4.78, 5) is 10.9. The molecule has 4 heteroatoms. The molecule has 0 saturated heterocycles. The normalized spacial score (nSPS) is 9.46. The maximum atomic E-state index is 12.8. The number of urea groups is 1. The number of carbonyl (C=O) groups excluding carboxylic acids is 1. The monoisotopic (exact) mass is 182 g/mol. The highest BCUT2D eigenvalue weighted by molar-refractivity contribution is 5.89. The van der Waals surface area contributed by atoms with Crippen molar-refractivity contribution in [2.24, 2.45) is 0 Å². The van der Waals surface area contributed by atoms with E-state index in [4.69, 9.17) is 0 Å². The molecule has 70 valence electrons. The molecule has 2 N–H and O–H groups in total. The van der Waals surface area contributed by atoms with Crippen molar-refractivity contribution in [2.75, 3.05) is 12.4 Å². The van der Waals surface area contributed by atoms with Crippen molar-refractivity contribution in [3.8, 4) is 0 Å². The first-order valence-corrected chi connectivity index (χ1v) is 3.88. The Morgan fingerprint density at radius 1 is 1.46 bits per heavy atom. The molecule has 1 aromatic rings. The number of benzene rings is 1. The fourth-order valence-corrected chi connectivity index (χ4v) is 0.916. The van der Waals surface area contributed by atoms with Gasteiger partial charge >= 0.3 is 6.03 Å². The van der Waals surface area contributed by atoms with Crippen molar-refractivity contribution < 1.29 is 9.18 Å². The summed E-state index contributed by atoms with van der Waals surface area (Å²) in [5, 5.41) is 4.95. The predicted molar refractivity (Wildman–Crippen MR) is 49.2 cm³/mol. The van der Waals surface area contributed by atoms with Crippen LogP contribution in [0.25, 0.3) is 0 Å². The Balaban J connectivity index is 2.79. The molecule has 3 nitrogen and oxygen atoms in total. The molecule has 1 aromatic carbocycles. The highest BCUT2D eigenvalue weighted by Gasteiger charge is 2.01. The van der Waals surface area contributed by atoms with Crippen molar-refractivity contribution in [2.45, 2.75) is 6.92 Å². The lowest BCUT2D eigenvalue weighted by Crippen LogP contribution is -2.24. The van der Waals surface area contributed by atoms with Crippen LogP contribution in [0, 0.1) is 12.7 Å². The van der Waals surface area contributed by atoms with Crippen LogP contribution < -0.4 is 10.6 Å². The van der Waals surface area contributed by atoms with Gasteiger partial charge in [0.15, 0.2) is 0 Å². The van der Waals surface area contributed by atoms with Gasteiger partial charge in [-0.1, -0.05) is 0 Å². The van der Waals surface area contributed by atoms with Gasteiger partial charge in [-0.15, -0.1) is 0 Å². The van der Waals surface area contributed by atoms with Gasteiger partial charge in [-0.05, 0) is 30.7 Å². The number of nitrogens with one attached hydrogen (secondary N) is 2. The van der Waals surface area contributed by atoms with Crippen molar-refractivity contribution in [1.29, 1.82) is 0 Å². The van der Waals surface area contributed by atoms with E-state index in [9.17, 15) is 9.18 Å². The van der Waals surface area contributed by atoms with Crippen LogP contribution in [0.2, 0.25) is 0 Å². The number of amides is 2. The fourth-order valence-electron chi connectivity index (χ4n) is 0.916. The molecule has 2 amide bonds. The molecule has 1 rings (SSSR count). The first-order chi connectivity index (χ1) is 6.13. The van der Waals surface area contributed by atoms with E-state index in [1.807, 2.05) is 0 Å². The highest BCUT2D eigenvalue weighted by atomic mass is 19.1. The molecular formula is C9H11FN2O. The van der Waals surface area contributed by atoms with Crippen LogP contribution in [-0.4, -0.2) is 13.1 Å². The van der Waals surface area contributed by atoms with E-state index in [1.54, 1.807) is 13.0 Å². The van der Waals surface area contributed by atoms with E-state index >= 15 is 0 Å². The Hall–Kier alpha value is -1.58. The molecule has 13 heavy (non-hydrogen) atoms. The minimum absolute atomic E-state index is 0.276. The maximum Gasteiger partial charge on any atom is 0.318 e. The standard InChI is InChI=1S/C9H11FN2O/c1-6-5-7(3-4-8(6)10)12-9(13)11-2/h3-5H,1-2H3,(H2,11,12,13). The van der Waals surface area contributed by atoms with E-state index in [2.05, 4.69) is 10.6 Å². The maximum absolute atomic E-state index is 12.8. The lowest BCUT2D eigenvalue weighted by atomic mass is 10.2. The molecule has 0 saturated carbocycles. The summed E-state index contributed by atoms with van der Waals surface area (Å²) in [6, 6.07) is 4.09. The minimum Gasteiger partial charge on any atom is -0.341 e.